The molecule has 1 atom stereocenters. The molecule has 0 bridgehead atoms. The summed E-state index contributed by atoms with van der Waals surface area (Å²) < 4.78 is 1.00. The fourth-order valence-electron chi connectivity index (χ4n) is 2.26. The highest BCUT2D eigenvalue weighted by atomic mass is 16.2. The topological polar surface area (TPSA) is 93.9 Å². The summed E-state index contributed by atoms with van der Waals surface area (Å²) in [5, 5.41) is 10.1. The molecule has 1 fully saturated rings. The van der Waals surface area contributed by atoms with Crippen molar-refractivity contribution in [1.82, 2.24) is 20.3 Å². The van der Waals surface area contributed by atoms with Crippen LogP contribution >= 0.6 is 0 Å². The summed E-state index contributed by atoms with van der Waals surface area (Å²) in [5.74, 6) is -0.902. The number of imide groups is 1. The minimum Gasteiger partial charge on any atom is -0.295 e. The lowest BCUT2D eigenvalue weighted by Crippen LogP contribution is -2.46. The predicted molar refractivity (Wildman–Crippen MR) is 104 cm³/mol. The third-order valence-corrected chi connectivity index (χ3v) is 3.39. The fraction of sp³-hybridized carbons (Fsp3) is 0.421. The Hall–Kier alpha value is -2.83. The van der Waals surface area contributed by atoms with E-state index in [0.29, 0.717) is 11.3 Å². The first-order valence-electron chi connectivity index (χ1n) is 8.75. The van der Waals surface area contributed by atoms with E-state index in [4.69, 9.17) is 0 Å². The van der Waals surface area contributed by atoms with Crippen LogP contribution in [0, 0.1) is 0 Å². The van der Waals surface area contributed by atoms with Crippen LogP contribution in [0.4, 0.5) is 0 Å². The smallest absolute Gasteiger partial charge is 0.278 e. The van der Waals surface area contributed by atoms with E-state index in [1.165, 1.54) is 6.08 Å². The molecule has 2 amide bonds. The fourth-order valence-corrected chi connectivity index (χ4v) is 2.26. The number of rotatable bonds is 4. The number of amides is 2. The maximum absolute atomic E-state index is 12.5. The molecule has 26 heavy (non-hydrogen) atoms. The van der Waals surface area contributed by atoms with E-state index in [1.807, 2.05) is 27.7 Å². The van der Waals surface area contributed by atoms with Gasteiger partial charge in [-0.2, -0.15) is 4.68 Å². The minimum absolute atomic E-state index is 0.158. The summed E-state index contributed by atoms with van der Waals surface area (Å²) in [6.45, 7) is 17.0. The van der Waals surface area contributed by atoms with Crippen LogP contribution in [-0.4, -0.2) is 26.8 Å². The summed E-state index contributed by atoms with van der Waals surface area (Å²) in [7, 11) is 0. The SMILES string of the molecule is C=C/C=C(/C)c1nnn(C2CCC(=O)NC2=O)c(=O)c1C=C.CC.CC. The molecule has 0 spiro atoms. The second-order valence-electron chi connectivity index (χ2n) is 4.86. The first-order valence-corrected chi connectivity index (χ1v) is 8.75. The molecule has 0 aromatic carbocycles. The van der Waals surface area contributed by atoms with Crippen molar-refractivity contribution in [3.05, 3.63) is 46.9 Å². The number of nitrogens with one attached hydrogen (secondary N) is 1. The standard InChI is InChI=1S/C15H16N4O3.2C2H6/c1-4-6-9(3)13-10(5-2)15(22)19(18-17-13)11-7-8-12(20)16-14(11)21;2*1-2/h4-6,11H,1-2,7-8H2,3H3,(H,16,20,21);2*1-2H3/b9-6-;;. The summed E-state index contributed by atoms with van der Waals surface area (Å²) >= 11 is 0. The van der Waals surface area contributed by atoms with E-state index in [0.717, 1.165) is 4.68 Å². The van der Waals surface area contributed by atoms with Crippen molar-refractivity contribution in [2.45, 2.75) is 53.5 Å². The average molecular weight is 360 g/mol. The zero-order valence-corrected chi connectivity index (χ0v) is 16.2. The van der Waals surface area contributed by atoms with Gasteiger partial charge in [0, 0.05) is 6.42 Å². The molecule has 0 aliphatic carbocycles. The van der Waals surface area contributed by atoms with E-state index < -0.39 is 17.5 Å². The molecular weight excluding hydrogens is 332 g/mol. The Morgan fingerprint density at radius 2 is 1.81 bits per heavy atom. The van der Waals surface area contributed by atoms with Gasteiger partial charge in [-0.1, -0.05) is 64.3 Å². The van der Waals surface area contributed by atoms with Gasteiger partial charge in [-0.15, -0.1) is 5.10 Å². The van der Waals surface area contributed by atoms with Crippen LogP contribution in [0.15, 0.2) is 30.1 Å². The van der Waals surface area contributed by atoms with Crippen LogP contribution in [0.2, 0.25) is 0 Å². The van der Waals surface area contributed by atoms with Crippen LogP contribution in [0.1, 0.15) is 64.8 Å². The van der Waals surface area contributed by atoms with Gasteiger partial charge in [-0.25, -0.2) is 0 Å². The maximum Gasteiger partial charge on any atom is 0.278 e. The Kier molecular flexibility index (Phi) is 10.4. The van der Waals surface area contributed by atoms with Gasteiger partial charge in [0.05, 0.1) is 5.56 Å². The molecule has 1 saturated heterocycles. The van der Waals surface area contributed by atoms with Gasteiger partial charge in [-0.05, 0) is 18.9 Å². The zero-order valence-electron chi connectivity index (χ0n) is 16.2. The van der Waals surface area contributed by atoms with Crippen molar-refractivity contribution in [3.63, 3.8) is 0 Å². The van der Waals surface area contributed by atoms with Crippen molar-refractivity contribution >= 4 is 23.5 Å². The first-order chi connectivity index (χ1) is 12.5. The molecule has 2 heterocycles. The first kappa shape index (κ1) is 23.2. The average Bonchev–Trinajstić information content (AvgIpc) is 2.65. The van der Waals surface area contributed by atoms with Crippen molar-refractivity contribution in [1.29, 1.82) is 0 Å². The third-order valence-electron chi connectivity index (χ3n) is 3.39. The molecule has 0 saturated carbocycles. The van der Waals surface area contributed by atoms with Crippen LogP contribution in [0.3, 0.4) is 0 Å². The lowest BCUT2D eigenvalue weighted by atomic mass is 10.1. The molecule has 1 aliphatic rings. The Balaban J connectivity index is 0.00000146. The molecule has 7 nitrogen and oxygen atoms in total. The van der Waals surface area contributed by atoms with Crippen molar-refractivity contribution in [2.24, 2.45) is 0 Å². The van der Waals surface area contributed by atoms with Crippen LogP contribution in [0.25, 0.3) is 11.6 Å². The maximum atomic E-state index is 12.5. The van der Waals surface area contributed by atoms with Crippen LogP contribution in [0.5, 0.6) is 0 Å². The Morgan fingerprint density at radius 3 is 2.31 bits per heavy atom. The summed E-state index contributed by atoms with van der Waals surface area (Å²) in [6.07, 6.45) is 5.04. The van der Waals surface area contributed by atoms with Gasteiger partial charge in [0.2, 0.25) is 5.91 Å². The molecular formula is C19H28N4O3. The second-order valence-corrected chi connectivity index (χ2v) is 4.86. The Morgan fingerprint density at radius 1 is 1.19 bits per heavy atom. The second kappa shape index (κ2) is 11.7. The van der Waals surface area contributed by atoms with Gasteiger partial charge in [-0.3, -0.25) is 19.7 Å². The Labute approximate surface area is 154 Å². The molecule has 142 valence electrons. The van der Waals surface area contributed by atoms with Crippen molar-refractivity contribution in [3.8, 4) is 0 Å². The highest BCUT2D eigenvalue weighted by Gasteiger charge is 2.30. The van der Waals surface area contributed by atoms with Gasteiger partial charge in [0.15, 0.2) is 0 Å². The molecule has 7 heteroatoms. The van der Waals surface area contributed by atoms with Crippen LogP contribution in [-0.2, 0) is 9.59 Å². The van der Waals surface area contributed by atoms with E-state index in [1.54, 1.807) is 19.1 Å². The minimum atomic E-state index is -0.839. The summed E-state index contributed by atoms with van der Waals surface area (Å²) in [6, 6.07) is -0.839. The molecule has 1 N–H and O–H groups in total. The molecule has 1 aliphatic heterocycles. The van der Waals surface area contributed by atoms with Crippen LogP contribution < -0.4 is 10.9 Å². The van der Waals surface area contributed by atoms with Gasteiger partial charge in [0.1, 0.15) is 11.7 Å². The van der Waals surface area contributed by atoms with E-state index in [-0.39, 0.29) is 24.3 Å². The van der Waals surface area contributed by atoms with Crippen molar-refractivity contribution in [2.75, 3.05) is 0 Å². The third kappa shape index (κ3) is 5.34. The van der Waals surface area contributed by atoms with E-state index >= 15 is 0 Å². The molecule has 1 aromatic rings. The normalized spacial score (nSPS) is 16.3. The number of hydrogen-bond acceptors (Lipinski definition) is 5. The number of nitrogens with zero attached hydrogens (tertiary/aromatic N) is 3. The number of piperidine rings is 1. The van der Waals surface area contributed by atoms with E-state index in [9.17, 15) is 14.4 Å². The summed E-state index contributed by atoms with van der Waals surface area (Å²) in [5.41, 5.74) is 0.898. The van der Waals surface area contributed by atoms with Crippen molar-refractivity contribution < 1.29 is 9.59 Å². The Bertz CT molecular complexity index is 748. The number of allylic oxidation sites excluding steroid dienone is 3. The molecule has 0 radical (unpaired) electrons. The lowest BCUT2D eigenvalue weighted by molar-refractivity contribution is -0.136. The quantitative estimate of drug-likeness (QED) is 0.658. The zero-order chi connectivity index (χ0) is 20.3. The van der Waals surface area contributed by atoms with Gasteiger partial charge < -0.3 is 0 Å². The van der Waals surface area contributed by atoms with Gasteiger partial charge >= 0.3 is 0 Å². The lowest BCUT2D eigenvalue weighted by Gasteiger charge is -2.21. The number of carbonyl (C=O) groups excluding carboxylic acids is 2. The molecule has 2 rings (SSSR count). The van der Waals surface area contributed by atoms with Gasteiger partial charge in [0.25, 0.3) is 11.5 Å². The highest BCUT2D eigenvalue weighted by Crippen LogP contribution is 2.18. The molecule has 1 unspecified atom stereocenters. The summed E-state index contributed by atoms with van der Waals surface area (Å²) in [4.78, 5) is 35.6. The number of carbonyl (C=O) groups is 2. The monoisotopic (exact) mass is 360 g/mol. The predicted octanol–water partition coefficient (Wildman–Crippen LogP) is 2.90. The highest BCUT2D eigenvalue weighted by molar-refractivity contribution is 5.99. The molecule has 1 aromatic heterocycles. The number of aromatic nitrogens is 3. The van der Waals surface area contributed by atoms with E-state index in [2.05, 4.69) is 28.8 Å². The number of hydrogen-bond donors (Lipinski definition) is 1. The largest absolute Gasteiger partial charge is 0.295 e.